The van der Waals surface area contributed by atoms with Gasteiger partial charge < -0.3 is 14.6 Å². The van der Waals surface area contributed by atoms with Gasteiger partial charge in [0.1, 0.15) is 12.6 Å². The van der Waals surface area contributed by atoms with Crippen LogP contribution >= 0.6 is 0 Å². The summed E-state index contributed by atoms with van der Waals surface area (Å²) in [7, 11) is 1.33. The van der Waals surface area contributed by atoms with Gasteiger partial charge in [0.05, 0.1) is 7.11 Å². The van der Waals surface area contributed by atoms with Crippen molar-refractivity contribution in [1.29, 1.82) is 0 Å². The summed E-state index contributed by atoms with van der Waals surface area (Å²) in [6, 6.07) is 18.8. The van der Waals surface area contributed by atoms with Gasteiger partial charge in [0.2, 0.25) is 5.91 Å². The van der Waals surface area contributed by atoms with E-state index < -0.39 is 12.0 Å². The van der Waals surface area contributed by atoms with Crippen LogP contribution in [-0.4, -0.2) is 29.6 Å². The predicted octanol–water partition coefficient (Wildman–Crippen LogP) is 2.85. The molecule has 0 unspecified atom stereocenters. The fraction of sp³-hybridized carbons (Fsp3) is 0.238. The second-order valence-corrected chi connectivity index (χ2v) is 6.26. The van der Waals surface area contributed by atoms with Crippen molar-refractivity contribution in [2.75, 3.05) is 7.11 Å². The number of hydrogen-bond donors (Lipinski definition) is 1. The number of benzene rings is 2. The number of ether oxygens (including phenoxy) is 1. The maximum atomic E-state index is 12.6. The lowest BCUT2D eigenvalue weighted by atomic mass is 10.1. The average molecular weight is 350 g/mol. The van der Waals surface area contributed by atoms with Crippen LogP contribution in [0.4, 0.5) is 0 Å². The quantitative estimate of drug-likeness (QED) is 0.696. The summed E-state index contributed by atoms with van der Waals surface area (Å²) in [5.41, 5.74) is 2.96. The number of aromatic nitrogens is 1. The Morgan fingerprint density at radius 2 is 1.77 bits per heavy atom. The van der Waals surface area contributed by atoms with Crippen molar-refractivity contribution in [3.8, 4) is 0 Å². The van der Waals surface area contributed by atoms with Gasteiger partial charge in [-0.1, -0.05) is 48.5 Å². The average Bonchev–Trinajstić information content (AvgIpc) is 2.97. The van der Waals surface area contributed by atoms with Gasteiger partial charge in [-0.25, -0.2) is 4.79 Å². The summed E-state index contributed by atoms with van der Waals surface area (Å²) in [5, 5.41) is 3.90. The zero-order chi connectivity index (χ0) is 18.5. The standard InChI is InChI=1S/C21H22N2O3/c1-15-12-17-10-6-7-11-19(17)23(15)14-20(24)22-18(21(25)26-2)13-16-8-4-3-5-9-16/h3-12,18H,13-14H2,1-2H3,(H,22,24)/t18-/m1/s1. The van der Waals surface area contributed by atoms with Gasteiger partial charge >= 0.3 is 5.97 Å². The van der Waals surface area contributed by atoms with Crippen molar-refractivity contribution in [2.45, 2.75) is 25.9 Å². The monoisotopic (exact) mass is 350 g/mol. The lowest BCUT2D eigenvalue weighted by molar-refractivity contribution is -0.145. The number of hydrogen-bond acceptors (Lipinski definition) is 3. The molecule has 0 aliphatic heterocycles. The van der Waals surface area contributed by atoms with Crippen LogP contribution in [0.3, 0.4) is 0 Å². The zero-order valence-corrected chi connectivity index (χ0v) is 14.9. The van der Waals surface area contributed by atoms with Crippen molar-refractivity contribution in [2.24, 2.45) is 0 Å². The number of nitrogens with one attached hydrogen (secondary N) is 1. The molecule has 3 rings (SSSR count). The highest BCUT2D eigenvalue weighted by molar-refractivity contribution is 5.87. The Morgan fingerprint density at radius 1 is 1.08 bits per heavy atom. The van der Waals surface area contributed by atoms with Crippen molar-refractivity contribution in [3.05, 3.63) is 71.9 Å². The molecule has 0 bridgehead atoms. The van der Waals surface area contributed by atoms with Crippen molar-refractivity contribution >= 4 is 22.8 Å². The van der Waals surface area contributed by atoms with Crippen molar-refractivity contribution < 1.29 is 14.3 Å². The number of fused-ring (bicyclic) bond motifs is 1. The number of carbonyl (C=O) groups excluding carboxylic acids is 2. The van der Waals surface area contributed by atoms with E-state index in [1.54, 1.807) is 0 Å². The molecule has 134 valence electrons. The van der Waals surface area contributed by atoms with E-state index >= 15 is 0 Å². The van der Waals surface area contributed by atoms with Crippen LogP contribution in [0, 0.1) is 6.92 Å². The normalized spacial score (nSPS) is 11.9. The van der Waals surface area contributed by atoms with Crippen molar-refractivity contribution in [3.63, 3.8) is 0 Å². The second-order valence-electron chi connectivity index (χ2n) is 6.26. The third kappa shape index (κ3) is 3.94. The summed E-state index contributed by atoms with van der Waals surface area (Å²) in [4.78, 5) is 24.7. The molecule has 5 heteroatoms. The third-order valence-electron chi connectivity index (χ3n) is 4.42. The molecule has 0 saturated heterocycles. The number of methoxy groups -OCH3 is 1. The van der Waals surface area contributed by atoms with E-state index in [0.29, 0.717) is 6.42 Å². The first kappa shape index (κ1) is 17.7. The number of amides is 1. The third-order valence-corrected chi connectivity index (χ3v) is 4.42. The molecular formula is C21H22N2O3. The minimum atomic E-state index is -0.711. The molecule has 26 heavy (non-hydrogen) atoms. The fourth-order valence-electron chi connectivity index (χ4n) is 3.13. The van der Waals surface area contributed by atoms with Crippen LogP contribution in [0.15, 0.2) is 60.7 Å². The first-order valence-electron chi connectivity index (χ1n) is 8.54. The maximum Gasteiger partial charge on any atom is 0.328 e. The zero-order valence-electron chi connectivity index (χ0n) is 14.9. The molecule has 5 nitrogen and oxygen atoms in total. The highest BCUT2D eigenvalue weighted by Gasteiger charge is 2.22. The second kappa shape index (κ2) is 7.87. The number of rotatable bonds is 6. The lowest BCUT2D eigenvalue weighted by Gasteiger charge is -2.17. The Balaban J connectivity index is 1.75. The molecule has 2 aromatic carbocycles. The van der Waals surface area contributed by atoms with E-state index in [1.807, 2.05) is 72.2 Å². The number of para-hydroxylation sites is 1. The Labute approximate surface area is 152 Å². The van der Waals surface area contributed by atoms with Gasteiger partial charge in [-0.2, -0.15) is 0 Å². The summed E-state index contributed by atoms with van der Waals surface area (Å²) in [6.45, 7) is 2.12. The van der Waals surface area contributed by atoms with Crippen LogP contribution in [0.1, 0.15) is 11.3 Å². The SMILES string of the molecule is COC(=O)[C@@H](Cc1ccccc1)NC(=O)Cn1c(C)cc2ccccc21. The summed E-state index contributed by atoms with van der Waals surface area (Å²) < 4.78 is 6.80. The smallest absolute Gasteiger partial charge is 0.328 e. The molecule has 1 N–H and O–H groups in total. The maximum absolute atomic E-state index is 12.6. The molecule has 0 aliphatic rings. The van der Waals surface area contributed by atoms with E-state index in [4.69, 9.17) is 4.74 Å². The summed E-state index contributed by atoms with van der Waals surface area (Å²) in [6.07, 6.45) is 0.394. The molecule has 3 aromatic rings. The molecule has 0 aliphatic carbocycles. The fourth-order valence-corrected chi connectivity index (χ4v) is 3.13. The van der Waals surface area contributed by atoms with Crippen LogP contribution < -0.4 is 5.32 Å². The van der Waals surface area contributed by atoms with Crippen molar-refractivity contribution in [1.82, 2.24) is 9.88 Å². The highest BCUT2D eigenvalue weighted by atomic mass is 16.5. The largest absolute Gasteiger partial charge is 0.467 e. The van der Waals surface area contributed by atoms with Gasteiger partial charge in [0.15, 0.2) is 0 Å². The predicted molar refractivity (Wildman–Crippen MR) is 101 cm³/mol. The van der Waals surface area contributed by atoms with Gasteiger partial charge in [-0.3, -0.25) is 4.79 Å². The Hall–Kier alpha value is -3.08. The number of carbonyl (C=O) groups is 2. The molecule has 1 aromatic heterocycles. The van der Waals surface area contributed by atoms with Crippen LogP contribution in [0.2, 0.25) is 0 Å². The summed E-state index contributed by atoms with van der Waals surface area (Å²) in [5.74, 6) is -0.669. The van der Waals surface area contributed by atoms with E-state index in [1.165, 1.54) is 7.11 Å². The topological polar surface area (TPSA) is 60.3 Å². The molecule has 1 amide bonds. The van der Waals surface area contributed by atoms with Gasteiger partial charge in [0.25, 0.3) is 0 Å². The van der Waals surface area contributed by atoms with Gasteiger partial charge in [-0.15, -0.1) is 0 Å². The van der Waals surface area contributed by atoms with E-state index in [2.05, 4.69) is 5.32 Å². The van der Waals surface area contributed by atoms with Crippen LogP contribution in [-0.2, 0) is 27.3 Å². The first-order valence-corrected chi connectivity index (χ1v) is 8.54. The minimum absolute atomic E-state index is 0.154. The van der Waals surface area contributed by atoms with Gasteiger partial charge in [0, 0.05) is 17.6 Å². The lowest BCUT2D eigenvalue weighted by Crippen LogP contribution is -2.44. The Morgan fingerprint density at radius 3 is 2.50 bits per heavy atom. The van der Waals surface area contributed by atoms with Gasteiger partial charge in [-0.05, 0) is 30.0 Å². The number of aryl methyl sites for hydroxylation is 1. The summed E-state index contributed by atoms with van der Waals surface area (Å²) >= 11 is 0. The molecular weight excluding hydrogens is 328 g/mol. The van der Waals surface area contributed by atoms with E-state index in [9.17, 15) is 9.59 Å². The minimum Gasteiger partial charge on any atom is -0.467 e. The number of esters is 1. The molecule has 0 saturated carbocycles. The van der Waals surface area contributed by atoms with Crippen LogP contribution in [0.25, 0.3) is 10.9 Å². The molecule has 0 spiro atoms. The Bertz CT molecular complexity index is 915. The molecule has 1 atom stereocenters. The first-order chi connectivity index (χ1) is 12.6. The number of nitrogens with zero attached hydrogens (tertiary/aromatic N) is 1. The molecule has 0 fully saturated rings. The van der Waals surface area contributed by atoms with Crippen LogP contribution in [0.5, 0.6) is 0 Å². The molecule has 1 heterocycles. The van der Waals surface area contributed by atoms with E-state index in [0.717, 1.165) is 22.2 Å². The Kier molecular flexibility index (Phi) is 5.37. The highest BCUT2D eigenvalue weighted by Crippen LogP contribution is 2.19. The van der Waals surface area contributed by atoms with E-state index in [-0.39, 0.29) is 12.5 Å². The molecule has 0 radical (unpaired) electrons.